The first-order valence-electron chi connectivity index (χ1n) is 13.5. The fourth-order valence-electron chi connectivity index (χ4n) is 4.08. The van der Waals surface area contributed by atoms with Crippen molar-refractivity contribution in [1.82, 2.24) is 15.0 Å². The van der Waals surface area contributed by atoms with Gasteiger partial charge in [0.2, 0.25) is 23.0 Å². The van der Waals surface area contributed by atoms with Crippen LogP contribution in [0, 0.1) is 0 Å². The van der Waals surface area contributed by atoms with E-state index in [-0.39, 0.29) is 34.4 Å². The minimum atomic E-state index is -4.84. The van der Waals surface area contributed by atoms with Gasteiger partial charge in [-0.25, -0.2) is 0 Å². The summed E-state index contributed by atoms with van der Waals surface area (Å²) in [6.07, 6.45) is 0. The molecule has 5 rings (SSSR count). The third-order valence-electron chi connectivity index (χ3n) is 6.38. The monoisotopic (exact) mass is 709 g/mol. The van der Waals surface area contributed by atoms with Gasteiger partial charge in [0.05, 0.1) is 16.3 Å². The molecule has 4 aromatic carbocycles. The smallest absolute Gasteiger partial charge is 0.296 e. The third kappa shape index (κ3) is 8.24. The minimum absolute atomic E-state index is 0.0837. The van der Waals surface area contributed by atoms with Gasteiger partial charge in [-0.1, -0.05) is 60.7 Å². The molecule has 1 aromatic heterocycles. The second-order valence-corrected chi connectivity index (χ2v) is 12.8. The van der Waals surface area contributed by atoms with Crippen molar-refractivity contribution in [3.05, 3.63) is 108 Å². The number of rotatable bonds is 10. The summed E-state index contributed by atoms with van der Waals surface area (Å²) in [5.41, 5.74) is 2.80. The highest BCUT2D eigenvalue weighted by Crippen LogP contribution is 2.39. The quantitative estimate of drug-likeness (QED) is 0.0289. The van der Waals surface area contributed by atoms with Crippen LogP contribution in [0.4, 0.5) is 34.6 Å². The van der Waals surface area contributed by atoms with Crippen molar-refractivity contribution < 1.29 is 31.0 Å². The molecule has 5 N–H and O–H groups in total. The lowest BCUT2D eigenvalue weighted by Crippen LogP contribution is -2.14. The van der Waals surface area contributed by atoms with Gasteiger partial charge in [0, 0.05) is 18.3 Å². The number of anilines is 5. The maximum atomic E-state index is 12.2. The van der Waals surface area contributed by atoms with E-state index in [0.29, 0.717) is 5.56 Å². The number of phenols is 1. The van der Waals surface area contributed by atoms with Gasteiger partial charge in [-0.3, -0.25) is 14.5 Å². The zero-order valence-corrected chi connectivity index (χ0v) is 26.9. The number of aromatic hydroxyl groups is 1. The lowest BCUT2D eigenvalue weighted by atomic mass is 10.2. The van der Waals surface area contributed by atoms with Crippen molar-refractivity contribution >= 4 is 72.3 Å². The minimum Gasteiger partial charge on any atom is -0.504 e. The molecule has 0 fully saturated rings. The summed E-state index contributed by atoms with van der Waals surface area (Å²) in [6, 6.07) is 24.5. The number of nitrogens with one attached hydrogen (secondary N) is 2. The van der Waals surface area contributed by atoms with Crippen LogP contribution in [0.2, 0.25) is 5.28 Å². The summed E-state index contributed by atoms with van der Waals surface area (Å²) in [5.74, 6) is -0.852. The fraction of sp³-hybridized carbons (Fsp3) is 0.0345. The Labute approximate surface area is 279 Å². The van der Waals surface area contributed by atoms with E-state index in [0.717, 1.165) is 23.9 Å². The van der Waals surface area contributed by atoms with E-state index >= 15 is 0 Å². The van der Waals surface area contributed by atoms with E-state index in [1.165, 1.54) is 18.2 Å². The molecule has 0 radical (unpaired) electrons. The zero-order valence-electron chi connectivity index (χ0n) is 24.5. The van der Waals surface area contributed by atoms with E-state index in [9.17, 15) is 31.0 Å². The highest BCUT2D eigenvalue weighted by atomic mass is 35.5. The molecule has 0 unspecified atom stereocenters. The Balaban J connectivity index is 1.54. The van der Waals surface area contributed by atoms with Gasteiger partial charge in [-0.15, -0.1) is 10.2 Å². The van der Waals surface area contributed by atoms with Crippen molar-refractivity contribution in [3.8, 4) is 5.75 Å². The number of aromatic nitrogens is 3. The maximum Gasteiger partial charge on any atom is 0.296 e. The highest BCUT2D eigenvalue weighted by molar-refractivity contribution is 7.86. The van der Waals surface area contributed by atoms with Crippen LogP contribution < -0.4 is 15.6 Å². The van der Waals surface area contributed by atoms with E-state index < -0.39 is 41.5 Å². The first-order valence-corrected chi connectivity index (χ1v) is 16.7. The largest absolute Gasteiger partial charge is 0.504 e. The molecule has 0 saturated heterocycles. The second-order valence-electron chi connectivity index (χ2n) is 9.65. The normalized spacial score (nSPS) is 12.2. The summed E-state index contributed by atoms with van der Waals surface area (Å²) in [6.45, 7) is 0. The molecular weight excluding hydrogens is 686 g/mol. The number of phenolic OH excluding ortho intramolecular Hbond substituents is 1. The number of halogens is 1. The molecule has 16 nitrogen and oxygen atoms in total. The maximum absolute atomic E-state index is 12.2. The number of hydrogen-bond acceptors (Lipinski definition) is 13. The van der Waals surface area contributed by atoms with Gasteiger partial charge in [0.15, 0.2) is 5.75 Å². The van der Waals surface area contributed by atoms with Crippen LogP contribution in [0.5, 0.6) is 5.75 Å². The predicted molar refractivity (Wildman–Crippen MR) is 178 cm³/mol. The van der Waals surface area contributed by atoms with Crippen molar-refractivity contribution in [2.75, 3.05) is 22.7 Å². The molecule has 48 heavy (non-hydrogen) atoms. The Morgan fingerprint density at radius 2 is 1.46 bits per heavy atom. The molecule has 5 aromatic rings. The van der Waals surface area contributed by atoms with E-state index in [1.807, 2.05) is 18.2 Å². The highest BCUT2D eigenvalue weighted by Gasteiger charge is 2.20. The molecule has 0 amide bonds. The summed E-state index contributed by atoms with van der Waals surface area (Å²) in [5, 5.41) is 25.7. The first kappa shape index (κ1) is 33.8. The first-order chi connectivity index (χ1) is 22.8. The van der Waals surface area contributed by atoms with Gasteiger partial charge in [0.1, 0.15) is 10.6 Å². The van der Waals surface area contributed by atoms with Crippen LogP contribution >= 0.6 is 11.6 Å². The standard InChI is InChI=1S/C29H24ClN9O7S2/c1-39(19-12-6-3-7-13-19)29-33-27(30)32-28(34-29)31-22-16-20(47(41,42)43)17-23(25(22)40)36-38-26(18-10-4-2-5-11-18)37-35-21-14-8-9-15-24(21)48(44,45)46/h2-17,35,40H,1H3,(H,41,42,43)(H,44,45,46)(H,31,32,33,34). The lowest BCUT2D eigenvalue weighted by molar-refractivity contribution is 0.475. The average Bonchev–Trinajstić information content (AvgIpc) is 3.05. The van der Waals surface area contributed by atoms with Gasteiger partial charge in [-0.05, 0) is 48.0 Å². The Bertz CT molecular complexity index is 2240. The molecule has 0 aliphatic heterocycles. The number of amidine groups is 1. The number of hydrazone groups is 1. The van der Waals surface area contributed by atoms with Crippen LogP contribution in [0.15, 0.2) is 122 Å². The van der Waals surface area contributed by atoms with Gasteiger partial charge in [-0.2, -0.15) is 36.9 Å². The van der Waals surface area contributed by atoms with Gasteiger partial charge in [0.25, 0.3) is 20.2 Å². The SMILES string of the molecule is CN(c1ccccc1)c1nc(Cl)nc(Nc2cc(S(=O)(=O)O)cc(N=NC(=NNc3ccccc3S(=O)(=O)O)c3ccccc3)c2O)n1. The number of nitrogens with zero attached hydrogens (tertiary/aromatic N) is 7. The van der Waals surface area contributed by atoms with Crippen LogP contribution in [0.1, 0.15) is 5.56 Å². The van der Waals surface area contributed by atoms with Crippen LogP contribution in [0.25, 0.3) is 0 Å². The van der Waals surface area contributed by atoms with E-state index in [2.05, 4.69) is 41.0 Å². The third-order valence-corrected chi connectivity index (χ3v) is 8.29. The Morgan fingerprint density at radius 1 is 0.812 bits per heavy atom. The molecule has 1 heterocycles. The molecule has 0 spiro atoms. The van der Waals surface area contributed by atoms with Gasteiger partial charge >= 0.3 is 0 Å². The molecular formula is C29H24ClN9O7S2. The summed E-state index contributed by atoms with van der Waals surface area (Å²) in [7, 11) is -7.77. The number of benzene rings is 4. The Hall–Kier alpha value is -5.53. The molecule has 0 saturated carbocycles. The van der Waals surface area contributed by atoms with Crippen molar-refractivity contribution in [3.63, 3.8) is 0 Å². The van der Waals surface area contributed by atoms with Crippen molar-refractivity contribution in [2.45, 2.75) is 9.79 Å². The van der Waals surface area contributed by atoms with E-state index in [4.69, 9.17) is 11.6 Å². The molecule has 246 valence electrons. The molecule has 0 atom stereocenters. The topological polar surface area (TPSA) is 232 Å². The van der Waals surface area contributed by atoms with Crippen molar-refractivity contribution in [2.24, 2.45) is 15.3 Å². The van der Waals surface area contributed by atoms with E-state index in [1.54, 1.807) is 54.4 Å². The average molecular weight is 710 g/mol. The second kappa shape index (κ2) is 14.1. The Kier molecular flexibility index (Phi) is 9.92. The Morgan fingerprint density at radius 3 is 2.12 bits per heavy atom. The number of hydrogen-bond donors (Lipinski definition) is 5. The summed E-state index contributed by atoms with van der Waals surface area (Å²) < 4.78 is 67.5. The zero-order chi connectivity index (χ0) is 34.5. The number of azo groups is 1. The fourth-order valence-corrected chi connectivity index (χ4v) is 5.40. The number of para-hydroxylation sites is 2. The lowest BCUT2D eigenvalue weighted by Gasteiger charge is -2.18. The van der Waals surface area contributed by atoms with Gasteiger partial charge < -0.3 is 15.3 Å². The van der Waals surface area contributed by atoms with Crippen molar-refractivity contribution in [1.29, 1.82) is 0 Å². The molecule has 19 heteroatoms. The summed E-state index contributed by atoms with van der Waals surface area (Å²) in [4.78, 5) is 12.9. The van der Waals surface area contributed by atoms with Crippen LogP contribution in [0.3, 0.4) is 0 Å². The summed E-state index contributed by atoms with van der Waals surface area (Å²) >= 11 is 6.15. The van der Waals surface area contributed by atoms with Crippen LogP contribution in [-0.4, -0.2) is 58.9 Å². The molecule has 0 aliphatic carbocycles. The predicted octanol–water partition coefficient (Wildman–Crippen LogP) is 5.79. The molecule has 0 bridgehead atoms. The molecule has 0 aliphatic rings. The van der Waals surface area contributed by atoms with Crippen LogP contribution in [-0.2, 0) is 20.2 Å².